The molecule has 0 amide bonds. The van der Waals surface area contributed by atoms with E-state index >= 15 is 4.39 Å². The van der Waals surface area contributed by atoms with Crippen molar-refractivity contribution in [1.29, 1.82) is 5.26 Å². The standard InChI is InChI=1S/C40H36ClF2N9O4S/c1-3-55-39(54)40(30-7-5-24(41)16-32(30)43,52-14-10-27(21-52)50(2)37-28-8-12-45-36(28)47-22-48-37)56-38(53)29-19-46-33-11-15-57-35(33)34(29)49-25-9-13-51(20-25)26-6-4-23(18-44)31(42)17-26/h4-8,11-12,15-17,19,22,25,27H,3,9-10,13-14,20-21H2,1-2H3,(H,46,49)(H,45,47,48). The van der Waals surface area contributed by atoms with Crippen molar-refractivity contribution in [2.75, 3.05) is 55.0 Å². The lowest BCUT2D eigenvalue weighted by atomic mass is 9.99. The number of aromatic nitrogens is 4. The molecule has 2 N–H and O–H groups in total. The van der Waals surface area contributed by atoms with Gasteiger partial charge in [0.15, 0.2) is 0 Å². The van der Waals surface area contributed by atoms with Crippen LogP contribution in [0.25, 0.3) is 21.3 Å². The van der Waals surface area contributed by atoms with Crippen molar-refractivity contribution in [3.8, 4) is 6.07 Å². The van der Waals surface area contributed by atoms with Crippen molar-refractivity contribution in [3.63, 3.8) is 0 Å². The number of thiophene rings is 1. The first-order chi connectivity index (χ1) is 27.6. The SMILES string of the molecule is CCOC(=O)C(OC(=O)c1cnc2ccsc2c1NC1CCN(c2ccc(C#N)c(F)c2)C1)(c1ccc(Cl)cc1F)N1CCC(N(C)c2ncnc3[nH]ccc23)C1. The van der Waals surface area contributed by atoms with Crippen LogP contribution in [0.15, 0.2) is 72.6 Å². The van der Waals surface area contributed by atoms with E-state index in [1.807, 2.05) is 40.4 Å². The van der Waals surface area contributed by atoms with Crippen LogP contribution in [0.4, 0.5) is 26.0 Å². The molecule has 4 aromatic heterocycles. The molecule has 2 aliphatic heterocycles. The van der Waals surface area contributed by atoms with E-state index in [1.54, 1.807) is 24.1 Å². The number of H-pyrrole nitrogens is 1. The third-order valence-electron chi connectivity index (χ3n) is 10.6. The lowest BCUT2D eigenvalue weighted by molar-refractivity contribution is -0.191. The highest BCUT2D eigenvalue weighted by Gasteiger charge is 2.55. The van der Waals surface area contributed by atoms with E-state index in [4.69, 9.17) is 21.1 Å². The van der Waals surface area contributed by atoms with Gasteiger partial charge in [-0.25, -0.2) is 33.2 Å². The van der Waals surface area contributed by atoms with Crippen molar-refractivity contribution in [2.45, 2.75) is 37.6 Å². The minimum absolute atomic E-state index is 0.0274. The summed E-state index contributed by atoms with van der Waals surface area (Å²) in [5.41, 5.74) is -0.266. The number of nitriles is 1. The van der Waals surface area contributed by atoms with Gasteiger partial charge in [-0.05, 0) is 73.7 Å². The predicted octanol–water partition coefficient (Wildman–Crippen LogP) is 6.85. The third-order valence-corrected chi connectivity index (χ3v) is 11.7. The number of carbonyl (C=O) groups excluding carboxylic acids is 2. The van der Waals surface area contributed by atoms with Gasteiger partial charge in [0.05, 0.1) is 39.0 Å². The number of likely N-dealkylation sites (N-methyl/N-ethyl adjacent to an activating group) is 1. The molecule has 2 aromatic carbocycles. The van der Waals surface area contributed by atoms with E-state index in [1.165, 1.54) is 48.1 Å². The number of ether oxygens (including phenoxy) is 2. The van der Waals surface area contributed by atoms with E-state index in [2.05, 4.69) is 25.3 Å². The number of hydrogen-bond donors (Lipinski definition) is 2. The van der Waals surface area contributed by atoms with Crippen molar-refractivity contribution in [3.05, 3.63) is 106 Å². The zero-order chi connectivity index (χ0) is 39.8. The Labute approximate surface area is 334 Å². The zero-order valence-electron chi connectivity index (χ0n) is 30.8. The number of nitrogens with one attached hydrogen (secondary N) is 2. The topological polar surface area (TPSA) is 153 Å². The summed E-state index contributed by atoms with van der Waals surface area (Å²) in [5, 5.41) is 15.4. The number of rotatable bonds is 11. The van der Waals surface area contributed by atoms with Gasteiger partial charge in [0.25, 0.3) is 5.72 Å². The number of carbonyl (C=O) groups is 2. The number of pyridine rings is 1. The minimum Gasteiger partial charge on any atom is -0.462 e. The normalized spacial score (nSPS) is 18.1. The second-order valence-corrected chi connectivity index (χ2v) is 15.2. The molecule has 8 rings (SSSR count). The zero-order valence-corrected chi connectivity index (χ0v) is 32.4. The molecule has 0 saturated carbocycles. The first-order valence-electron chi connectivity index (χ1n) is 18.3. The number of anilines is 3. The second-order valence-electron chi connectivity index (χ2n) is 13.8. The maximum absolute atomic E-state index is 16.3. The van der Waals surface area contributed by atoms with E-state index in [9.17, 15) is 19.2 Å². The molecule has 57 heavy (non-hydrogen) atoms. The Bertz CT molecular complexity index is 2550. The number of esters is 2. The van der Waals surface area contributed by atoms with Crippen LogP contribution >= 0.6 is 22.9 Å². The van der Waals surface area contributed by atoms with Gasteiger partial charge in [0.1, 0.15) is 41.1 Å². The van der Waals surface area contributed by atoms with Crippen molar-refractivity contribution < 1.29 is 27.8 Å². The van der Waals surface area contributed by atoms with Crippen LogP contribution in [0.5, 0.6) is 0 Å². The molecular formula is C40H36ClF2N9O4S. The molecule has 6 heterocycles. The lowest BCUT2D eigenvalue weighted by Crippen LogP contribution is -2.56. The van der Waals surface area contributed by atoms with Crippen LogP contribution in [0.1, 0.15) is 41.3 Å². The average Bonchev–Trinajstić information content (AvgIpc) is 4.04. The van der Waals surface area contributed by atoms with Gasteiger partial charge in [-0.2, -0.15) is 5.26 Å². The largest absolute Gasteiger partial charge is 0.462 e. The summed E-state index contributed by atoms with van der Waals surface area (Å²) in [6, 6.07) is 13.4. The highest BCUT2D eigenvalue weighted by Crippen LogP contribution is 2.41. The van der Waals surface area contributed by atoms with Crippen molar-refractivity contribution in [1.82, 2.24) is 24.8 Å². The molecule has 2 saturated heterocycles. The van der Waals surface area contributed by atoms with E-state index in [0.717, 1.165) is 11.5 Å². The Balaban J connectivity index is 1.15. The lowest BCUT2D eigenvalue weighted by Gasteiger charge is -2.39. The van der Waals surface area contributed by atoms with Gasteiger partial charge < -0.3 is 29.6 Å². The van der Waals surface area contributed by atoms with Gasteiger partial charge in [-0.3, -0.25) is 4.98 Å². The molecule has 0 bridgehead atoms. The highest BCUT2D eigenvalue weighted by atomic mass is 35.5. The maximum Gasteiger partial charge on any atom is 0.371 e. The summed E-state index contributed by atoms with van der Waals surface area (Å²) in [5.74, 6) is -2.71. The highest BCUT2D eigenvalue weighted by molar-refractivity contribution is 7.17. The van der Waals surface area contributed by atoms with Crippen LogP contribution in [0, 0.1) is 23.0 Å². The number of benzene rings is 2. The Kier molecular flexibility index (Phi) is 10.4. The fourth-order valence-corrected chi connectivity index (χ4v) is 8.75. The van der Waals surface area contributed by atoms with Crippen LogP contribution < -0.4 is 15.1 Å². The van der Waals surface area contributed by atoms with Crippen molar-refractivity contribution >= 4 is 73.3 Å². The third kappa shape index (κ3) is 6.96. The number of halogens is 3. The molecule has 6 aromatic rings. The molecular weight excluding hydrogens is 776 g/mol. The molecule has 3 atom stereocenters. The number of nitrogens with zero attached hydrogens (tertiary/aromatic N) is 7. The number of fused-ring (bicyclic) bond motifs is 2. The van der Waals surface area contributed by atoms with E-state index in [-0.39, 0.29) is 53.5 Å². The Morgan fingerprint density at radius 3 is 2.75 bits per heavy atom. The Morgan fingerprint density at radius 1 is 1.11 bits per heavy atom. The van der Waals surface area contributed by atoms with Crippen LogP contribution in [0.3, 0.4) is 0 Å². The average molecular weight is 812 g/mol. The molecule has 2 fully saturated rings. The van der Waals surface area contributed by atoms with Crippen LogP contribution in [-0.2, 0) is 20.0 Å². The summed E-state index contributed by atoms with van der Waals surface area (Å²) in [6.45, 7) is 2.95. The van der Waals surface area contributed by atoms with Gasteiger partial charge in [0.2, 0.25) is 0 Å². The Morgan fingerprint density at radius 2 is 1.96 bits per heavy atom. The first kappa shape index (κ1) is 38.0. The smallest absolute Gasteiger partial charge is 0.371 e. The Hall–Kier alpha value is -5.89. The predicted molar refractivity (Wildman–Crippen MR) is 212 cm³/mol. The number of likely N-dealkylation sites (tertiary alicyclic amines) is 1. The summed E-state index contributed by atoms with van der Waals surface area (Å²) in [7, 11) is 1.88. The fourth-order valence-electron chi connectivity index (χ4n) is 7.73. The molecule has 0 radical (unpaired) electrons. The van der Waals surface area contributed by atoms with Gasteiger partial charge in [-0.15, -0.1) is 11.3 Å². The van der Waals surface area contributed by atoms with Gasteiger partial charge >= 0.3 is 11.9 Å². The summed E-state index contributed by atoms with van der Waals surface area (Å²) in [6.07, 6.45) is 5.76. The van der Waals surface area contributed by atoms with Crippen LogP contribution in [-0.4, -0.2) is 88.7 Å². The van der Waals surface area contributed by atoms with Crippen molar-refractivity contribution in [2.24, 2.45) is 0 Å². The second kappa shape index (κ2) is 15.6. The molecule has 17 heteroatoms. The van der Waals surface area contributed by atoms with E-state index < -0.39 is 29.3 Å². The molecule has 13 nitrogen and oxygen atoms in total. The minimum atomic E-state index is -2.38. The molecule has 0 aliphatic carbocycles. The molecule has 292 valence electrons. The van der Waals surface area contributed by atoms with Gasteiger partial charge in [-0.1, -0.05) is 11.6 Å². The number of aromatic amines is 1. The summed E-state index contributed by atoms with van der Waals surface area (Å²) < 4.78 is 43.5. The monoisotopic (exact) mass is 811 g/mol. The summed E-state index contributed by atoms with van der Waals surface area (Å²) >= 11 is 7.58. The van der Waals surface area contributed by atoms with E-state index in [0.29, 0.717) is 59.0 Å². The quantitative estimate of drug-likeness (QED) is 0.132. The molecule has 0 spiro atoms. The summed E-state index contributed by atoms with van der Waals surface area (Å²) in [4.78, 5) is 51.3. The fraction of sp³-hybridized carbons (Fsp3) is 0.300. The van der Waals surface area contributed by atoms with Crippen LogP contribution in [0.2, 0.25) is 5.02 Å². The first-order valence-corrected chi connectivity index (χ1v) is 19.6. The molecule has 2 aliphatic rings. The molecule has 3 unspecified atom stereocenters. The van der Waals surface area contributed by atoms with Gasteiger partial charge in [0, 0.05) is 68.4 Å². The maximum atomic E-state index is 16.3. The number of hydrogen-bond acceptors (Lipinski definition) is 13.